The zero-order chi connectivity index (χ0) is 17.8. The minimum absolute atomic E-state index is 0.0534. The highest BCUT2D eigenvalue weighted by molar-refractivity contribution is 5.92. The molecule has 1 aliphatic heterocycles. The first kappa shape index (κ1) is 17.0. The second-order valence-corrected chi connectivity index (χ2v) is 6.02. The Kier molecular flexibility index (Phi) is 5.02. The molecule has 0 N–H and O–H groups in total. The second-order valence-electron chi connectivity index (χ2n) is 6.02. The third-order valence-electron chi connectivity index (χ3n) is 4.26. The SMILES string of the molecule is COc1cccc(CC(=O)N2CCN(C(=O)c3cc(C)on3)CC2)c1. The molecule has 0 aliphatic carbocycles. The van der Waals surface area contributed by atoms with Crippen molar-refractivity contribution in [1.82, 2.24) is 15.0 Å². The third kappa shape index (κ3) is 3.99. The highest BCUT2D eigenvalue weighted by Gasteiger charge is 2.26. The van der Waals surface area contributed by atoms with Crippen LogP contribution in [-0.4, -0.2) is 60.1 Å². The molecule has 0 radical (unpaired) electrons. The summed E-state index contributed by atoms with van der Waals surface area (Å²) in [5, 5.41) is 3.76. The van der Waals surface area contributed by atoms with E-state index in [2.05, 4.69) is 5.16 Å². The van der Waals surface area contributed by atoms with E-state index in [0.29, 0.717) is 44.1 Å². The lowest BCUT2D eigenvalue weighted by molar-refractivity contribution is -0.131. The first-order chi connectivity index (χ1) is 12.1. The summed E-state index contributed by atoms with van der Waals surface area (Å²) in [6.07, 6.45) is 0.327. The Labute approximate surface area is 146 Å². The number of aromatic nitrogens is 1. The fourth-order valence-electron chi connectivity index (χ4n) is 2.86. The molecule has 0 spiro atoms. The van der Waals surface area contributed by atoms with Crippen molar-refractivity contribution >= 4 is 11.8 Å². The van der Waals surface area contributed by atoms with Crippen LogP contribution < -0.4 is 4.74 Å². The number of rotatable bonds is 4. The molecule has 1 aliphatic rings. The topological polar surface area (TPSA) is 75.9 Å². The van der Waals surface area contributed by atoms with Crippen molar-refractivity contribution in [3.05, 3.63) is 47.3 Å². The van der Waals surface area contributed by atoms with Gasteiger partial charge in [0.1, 0.15) is 11.5 Å². The van der Waals surface area contributed by atoms with Gasteiger partial charge in [0, 0.05) is 32.2 Å². The van der Waals surface area contributed by atoms with Gasteiger partial charge in [-0.1, -0.05) is 17.3 Å². The molecule has 2 amide bonds. The van der Waals surface area contributed by atoms with Crippen LogP contribution in [0.15, 0.2) is 34.9 Å². The number of ether oxygens (including phenoxy) is 1. The van der Waals surface area contributed by atoms with Crippen molar-refractivity contribution < 1.29 is 18.8 Å². The summed E-state index contributed by atoms with van der Waals surface area (Å²) in [4.78, 5) is 28.3. The van der Waals surface area contributed by atoms with Gasteiger partial charge in [-0.15, -0.1) is 0 Å². The maximum absolute atomic E-state index is 12.5. The van der Waals surface area contributed by atoms with E-state index in [0.717, 1.165) is 11.3 Å². The molecule has 0 unspecified atom stereocenters. The number of carbonyl (C=O) groups excluding carboxylic acids is 2. The van der Waals surface area contributed by atoms with Crippen LogP contribution in [0.4, 0.5) is 0 Å². The Morgan fingerprint density at radius 2 is 1.88 bits per heavy atom. The zero-order valence-electron chi connectivity index (χ0n) is 14.4. The molecule has 1 aromatic heterocycles. The van der Waals surface area contributed by atoms with Gasteiger partial charge < -0.3 is 19.1 Å². The average Bonchev–Trinajstić information content (AvgIpc) is 3.07. The average molecular weight is 343 g/mol. The minimum atomic E-state index is -0.156. The number of benzene rings is 1. The molecule has 3 rings (SSSR count). The minimum Gasteiger partial charge on any atom is -0.497 e. The van der Waals surface area contributed by atoms with Crippen LogP contribution in [0.1, 0.15) is 21.8 Å². The van der Waals surface area contributed by atoms with E-state index in [9.17, 15) is 9.59 Å². The van der Waals surface area contributed by atoms with Gasteiger partial charge in [0.2, 0.25) is 5.91 Å². The number of hydrogen-bond acceptors (Lipinski definition) is 5. The van der Waals surface area contributed by atoms with Crippen molar-refractivity contribution in [3.8, 4) is 5.75 Å². The van der Waals surface area contributed by atoms with Crippen molar-refractivity contribution in [2.24, 2.45) is 0 Å². The van der Waals surface area contributed by atoms with Crippen molar-refractivity contribution in [2.45, 2.75) is 13.3 Å². The summed E-state index contributed by atoms with van der Waals surface area (Å²) in [7, 11) is 1.60. The molecule has 7 heteroatoms. The van der Waals surface area contributed by atoms with Gasteiger partial charge in [-0.25, -0.2) is 0 Å². The Hall–Kier alpha value is -2.83. The van der Waals surface area contributed by atoms with Gasteiger partial charge in [0.05, 0.1) is 13.5 Å². The van der Waals surface area contributed by atoms with Gasteiger partial charge in [0.15, 0.2) is 5.69 Å². The van der Waals surface area contributed by atoms with Crippen LogP contribution in [-0.2, 0) is 11.2 Å². The van der Waals surface area contributed by atoms with Gasteiger partial charge >= 0.3 is 0 Å². The second kappa shape index (κ2) is 7.38. The normalized spacial score (nSPS) is 14.5. The molecular formula is C18H21N3O4. The first-order valence-corrected chi connectivity index (χ1v) is 8.20. The van der Waals surface area contributed by atoms with Gasteiger partial charge in [0.25, 0.3) is 5.91 Å². The van der Waals surface area contributed by atoms with Gasteiger partial charge in [-0.2, -0.15) is 0 Å². The molecule has 132 valence electrons. The first-order valence-electron chi connectivity index (χ1n) is 8.20. The molecule has 25 heavy (non-hydrogen) atoms. The summed E-state index contributed by atoms with van der Waals surface area (Å²) < 4.78 is 10.1. The third-order valence-corrected chi connectivity index (χ3v) is 4.26. The van der Waals surface area contributed by atoms with Crippen LogP contribution in [0.25, 0.3) is 0 Å². The largest absolute Gasteiger partial charge is 0.497 e. The molecule has 2 heterocycles. The van der Waals surface area contributed by atoms with Crippen LogP contribution >= 0.6 is 0 Å². The van der Waals surface area contributed by atoms with E-state index >= 15 is 0 Å². The molecular weight excluding hydrogens is 322 g/mol. The van der Waals surface area contributed by atoms with Gasteiger partial charge in [-0.05, 0) is 24.6 Å². The van der Waals surface area contributed by atoms with E-state index < -0.39 is 0 Å². The van der Waals surface area contributed by atoms with Crippen LogP contribution in [0, 0.1) is 6.92 Å². The van der Waals surface area contributed by atoms with E-state index in [1.165, 1.54) is 0 Å². The predicted octanol–water partition coefficient (Wildman–Crippen LogP) is 1.52. The van der Waals surface area contributed by atoms with Crippen LogP contribution in [0.3, 0.4) is 0 Å². The van der Waals surface area contributed by atoms with E-state index in [1.54, 1.807) is 29.9 Å². The number of piperazine rings is 1. The van der Waals surface area contributed by atoms with Crippen molar-refractivity contribution in [2.75, 3.05) is 33.3 Å². The predicted molar refractivity (Wildman–Crippen MR) is 90.4 cm³/mol. The van der Waals surface area contributed by atoms with Crippen molar-refractivity contribution in [1.29, 1.82) is 0 Å². The number of nitrogens with zero attached hydrogens (tertiary/aromatic N) is 3. The zero-order valence-corrected chi connectivity index (χ0v) is 14.4. The van der Waals surface area contributed by atoms with E-state index in [1.807, 2.05) is 24.3 Å². The Morgan fingerprint density at radius 3 is 2.52 bits per heavy atom. The standard InChI is InChI=1S/C18H21N3O4/c1-13-10-16(19-25-13)18(23)21-8-6-20(7-9-21)17(22)12-14-4-3-5-15(11-14)24-2/h3-5,10-11H,6-9,12H2,1-2H3. The number of carbonyl (C=O) groups is 2. The quantitative estimate of drug-likeness (QED) is 0.841. The summed E-state index contributed by atoms with van der Waals surface area (Å²) in [5.41, 5.74) is 1.23. The molecule has 0 atom stereocenters. The maximum atomic E-state index is 12.5. The summed E-state index contributed by atoms with van der Waals surface area (Å²) in [6, 6.07) is 9.13. The van der Waals surface area contributed by atoms with Crippen LogP contribution in [0.5, 0.6) is 5.75 Å². The molecule has 1 fully saturated rings. The summed E-state index contributed by atoms with van der Waals surface area (Å²) in [5.74, 6) is 1.24. The number of hydrogen-bond donors (Lipinski definition) is 0. The molecule has 2 aromatic rings. The molecule has 1 aromatic carbocycles. The van der Waals surface area contributed by atoms with Crippen LogP contribution in [0.2, 0.25) is 0 Å². The fraction of sp³-hybridized carbons (Fsp3) is 0.389. The lowest BCUT2D eigenvalue weighted by atomic mass is 10.1. The van der Waals surface area contributed by atoms with Gasteiger partial charge in [-0.3, -0.25) is 9.59 Å². The molecule has 1 saturated heterocycles. The fourth-order valence-corrected chi connectivity index (χ4v) is 2.86. The lowest BCUT2D eigenvalue weighted by Crippen LogP contribution is -2.51. The highest BCUT2D eigenvalue weighted by atomic mass is 16.5. The Bertz CT molecular complexity index is 763. The Morgan fingerprint density at radius 1 is 1.16 bits per heavy atom. The lowest BCUT2D eigenvalue weighted by Gasteiger charge is -2.34. The van der Waals surface area contributed by atoms with E-state index in [4.69, 9.17) is 9.26 Å². The summed E-state index contributed by atoms with van der Waals surface area (Å²) >= 11 is 0. The molecule has 7 nitrogen and oxygen atoms in total. The molecule has 0 bridgehead atoms. The highest BCUT2D eigenvalue weighted by Crippen LogP contribution is 2.15. The number of amides is 2. The van der Waals surface area contributed by atoms with Crippen molar-refractivity contribution in [3.63, 3.8) is 0 Å². The van der Waals surface area contributed by atoms with E-state index in [-0.39, 0.29) is 11.8 Å². The smallest absolute Gasteiger partial charge is 0.276 e. The summed E-state index contributed by atoms with van der Waals surface area (Å²) in [6.45, 7) is 3.78. The number of aryl methyl sites for hydroxylation is 1. The Balaban J connectivity index is 1.54. The maximum Gasteiger partial charge on any atom is 0.276 e. The number of methoxy groups -OCH3 is 1. The monoisotopic (exact) mass is 343 g/mol. The molecule has 0 saturated carbocycles.